The van der Waals surface area contributed by atoms with Crippen LogP contribution >= 0.6 is 0 Å². The first-order valence-corrected chi connectivity index (χ1v) is 5.68. The highest BCUT2D eigenvalue weighted by atomic mass is 16.4. The van der Waals surface area contributed by atoms with Gasteiger partial charge in [-0.05, 0) is 19.1 Å². The van der Waals surface area contributed by atoms with Crippen molar-refractivity contribution < 1.29 is 14.7 Å². The van der Waals surface area contributed by atoms with Crippen LogP contribution in [0.25, 0.3) is 0 Å². The molecular formula is C12H17N3O3. The number of rotatable bonds is 6. The van der Waals surface area contributed by atoms with E-state index in [1.165, 1.54) is 6.07 Å². The molecule has 0 bridgehead atoms. The van der Waals surface area contributed by atoms with Gasteiger partial charge in [-0.3, -0.25) is 4.79 Å². The fourth-order valence-electron chi connectivity index (χ4n) is 1.50. The first-order chi connectivity index (χ1) is 8.56. The number of para-hydroxylation sites is 1. The van der Waals surface area contributed by atoms with Gasteiger partial charge in [-0.15, -0.1) is 0 Å². The Morgan fingerprint density at radius 2 is 2.11 bits per heavy atom. The van der Waals surface area contributed by atoms with Gasteiger partial charge in [-0.1, -0.05) is 6.07 Å². The van der Waals surface area contributed by atoms with Crippen molar-refractivity contribution in [3.63, 3.8) is 0 Å². The summed E-state index contributed by atoms with van der Waals surface area (Å²) < 4.78 is 0. The summed E-state index contributed by atoms with van der Waals surface area (Å²) in [7, 11) is 0. The second kappa shape index (κ2) is 6.48. The Balaban J connectivity index is 2.60. The lowest BCUT2D eigenvalue weighted by Gasteiger charge is -2.10. The highest BCUT2D eigenvalue weighted by Crippen LogP contribution is 2.22. The third-order valence-corrected chi connectivity index (χ3v) is 2.38. The third-order valence-electron chi connectivity index (χ3n) is 2.38. The zero-order chi connectivity index (χ0) is 13.5. The zero-order valence-corrected chi connectivity index (χ0v) is 10.2. The molecule has 0 radical (unpaired) electrons. The van der Waals surface area contributed by atoms with Gasteiger partial charge in [0.05, 0.1) is 16.9 Å². The Morgan fingerprint density at radius 3 is 2.72 bits per heavy atom. The Morgan fingerprint density at radius 1 is 1.39 bits per heavy atom. The van der Waals surface area contributed by atoms with Crippen molar-refractivity contribution in [3.05, 3.63) is 23.8 Å². The summed E-state index contributed by atoms with van der Waals surface area (Å²) in [6, 6.07) is 4.72. The van der Waals surface area contributed by atoms with Gasteiger partial charge in [-0.25, -0.2) is 4.79 Å². The van der Waals surface area contributed by atoms with Crippen LogP contribution in [0.4, 0.5) is 11.4 Å². The molecule has 6 nitrogen and oxygen atoms in total. The number of benzene rings is 1. The SMILES string of the molecule is CCNC(=O)CCNc1cccc(C(=O)O)c1N. The number of anilines is 2. The molecule has 1 amide bonds. The summed E-state index contributed by atoms with van der Waals surface area (Å²) in [5, 5.41) is 14.5. The van der Waals surface area contributed by atoms with Gasteiger partial charge in [0.25, 0.3) is 0 Å². The van der Waals surface area contributed by atoms with Crippen molar-refractivity contribution in [2.45, 2.75) is 13.3 Å². The Hall–Kier alpha value is -2.24. The van der Waals surface area contributed by atoms with Gasteiger partial charge >= 0.3 is 5.97 Å². The van der Waals surface area contributed by atoms with E-state index in [-0.39, 0.29) is 17.2 Å². The number of amides is 1. The summed E-state index contributed by atoms with van der Waals surface area (Å²) in [5.41, 5.74) is 6.48. The normalized spacial score (nSPS) is 9.83. The van der Waals surface area contributed by atoms with Crippen molar-refractivity contribution in [2.75, 3.05) is 24.1 Å². The average molecular weight is 251 g/mol. The van der Waals surface area contributed by atoms with Crippen LogP contribution in [0.15, 0.2) is 18.2 Å². The predicted octanol–water partition coefficient (Wildman–Crippen LogP) is 0.905. The minimum Gasteiger partial charge on any atom is -0.478 e. The van der Waals surface area contributed by atoms with Crippen molar-refractivity contribution in [1.29, 1.82) is 0 Å². The lowest BCUT2D eigenvalue weighted by molar-refractivity contribution is -0.120. The highest BCUT2D eigenvalue weighted by Gasteiger charge is 2.10. The number of aromatic carboxylic acids is 1. The fraction of sp³-hybridized carbons (Fsp3) is 0.333. The van der Waals surface area contributed by atoms with E-state index in [1.807, 2.05) is 6.92 Å². The van der Waals surface area contributed by atoms with E-state index in [9.17, 15) is 9.59 Å². The summed E-state index contributed by atoms with van der Waals surface area (Å²) in [5.74, 6) is -1.13. The standard InChI is InChI=1S/C12H17N3O3/c1-2-14-10(16)6-7-15-9-5-3-4-8(11(9)13)12(17)18/h3-5,15H,2,6-7,13H2,1H3,(H,14,16)(H,17,18). The van der Waals surface area contributed by atoms with E-state index in [0.29, 0.717) is 25.2 Å². The van der Waals surface area contributed by atoms with Crippen LogP contribution in [-0.4, -0.2) is 30.1 Å². The van der Waals surface area contributed by atoms with E-state index in [2.05, 4.69) is 10.6 Å². The van der Waals surface area contributed by atoms with Gasteiger partial charge in [-0.2, -0.15) is 0 Å². The summed E-state index contributed by atoms with van der Waals surface area (Å²) in [6.45, 7) is 2.84. The second-order valence-electron chi connectivity index (χ2n) is 3.70. The molecule has 0 fully saturated rings. The van der Waals surface area contributed by atoms with Crippen LogP contribution in [0.3, 0.4) is 0 Å². The number of carboxylic acids is 1. The molecule has 0 aromatic heterocycles. The van der Waals surface area contributed by atoms with Crippen molar-refractivity contribution in [1.82, 2.24) is 5.32 Å². The number of carboxylic acid groups (broad SMARTS) is 1. The largest absolute Gasteiger partial charge is 0.478 e. The molecule has 5 N–H and O–H groups in total. The van der Waals surface area contributed by atoms with Gasteiger partial charge in [0, 0.05) is 19.5 Å². The maximum absolute atomic E-state index is 11.2. The molecule has 0 aliphatic heterocycles. The average Bonchev–Trinajstić information content (AvgIpc) is 2.31. The van der Waals surface area contributed by atoms with E-state index < -0.39 is 5.97 Å². The Labute approximate surface area is 105 Å². The number of hydrogen-bond donors (Lipinski definition) is 4. The van der Waals surface area contributed by atoms with Gasteiger partial charge in [0.2, 0.25) is 5.91 Å². The van der Waals surface area contributed by atoms with Gasteiger partial charge < -0.3 is 21.5 Å². The van der Waals surface area contributed by atoms with Crippen molar-refractivity contribution in [2.24, 2.45) is 0 Å². The molecule has 0 spiro atoms. The highest BCUT2D eigenvalue weighted by molar-refractivity contribution is 5.97. The zero-order valence-electron chi connectivity index (χ0n) is 10.2. The molecule has 1 aromatic carbocycles. The smallest absolute Gasteiger partial charge is 0.337 e. The van der Waals surface area contributed by atoms with Crippen molar-refractivity contribution in [3.8, 4) is 0 Å². The van der Waals surface area contributed by atoms with Crippen molar-refractivity contribution >= 4 is 23.3 Å². The lowest BCUT2D eigenvalue weighted by atomic mass is 10.1. The van der Waals surface area contributed by atoms with Crippen LogP contribution in [-0.2, 0) is 4.79 Å². The molecule has 0 aliphatic rings. The summed E-state index contributed by atoms with van der Waals surface area (Å²) >= 11 is 0. The van der Waals surface area contributed by atoms with Crippen LogP contribution in [0.5, 0.6) is 0 Å². The minimum atomic E-state index is -1.07. The molecular weight excluding hydrogens is 234 g/mol. The quantitative estimate of drug-likeness (QED) is 0.562. The number of carbonyl (C=O) groups excluding carboxylic acids is 1. The van der Waals surface area contributed by atoms with E-state index in [0.717, 1.165) is 0 Å². The number of carbonyl (C=O) groups is 2. The predicted molar refractivity (Wildman–Crippen MR) is 69.6 cm³/mol. The maximum atomic E-state index is 11.2. The second-order valence-corrected chi connectivity index (χ2v) is 3.70. The minimum absolute atomic E-state index is 0.0537. The first kappa shape index (κ1) is 13.8. The van der Waals surface area contributed by atoms with Crippen LogP contribution in [0, 0.1) is 0 Å². The molecule has 0 unspecified atom stereocenters. The summed E-state index contributed by atoms with van der Waals surface area (Å²) in [4.78, 5) is 22.1. The Kier molecular flexibility index (Phi) is 4.98. The molecule has 0 saturated heterocycles. The summed E-state index contributed by atoms with van der Waals surface area (Å²) in [6.07, 6.45) is 0.310. The molecule has 0 aliphatic carbocycles. The van der Waals surface area contributed by atoms with Gasteiger partial charge in [0.15, 0.2) is 0 Å². The molecule has 1 rings (SSSR count). The monoisotopic (exact) mass is 251 g/mol. The lowest BCUT2D eigenvalue weighted by Crippen LogP contribution is -2.24. The van der Waals surface area contributed by atoms with E-state index >= 15 is 0 Å². The topological polar surface area (TPSA) is 104 Å². The Bertz CT molecular complexity index is 446. The van der Waals surface area contributed by atoms with Crippen LogP contribution in [0.2, 0.25) is 0 Å². The first-order valence-electron chi connectivity index (χ1n) is 5.68. The molecule has 1 aromatic rings. The third kappa shape index (κ3) is 3.65. The number of hydrogen-bond acceptors (Lipinski definition) is 4. The molecule has 0 saturated carbocycles. The number of nitrogen functional groups attached to an aromatic ring is 1. The van der Waals surface area contributed by atoms with Crippen LogP contribution in [0.1, 0.15) is 23.7 Å². The van der Waals surface area contributed by atoms with Crippen LogP contribution < -0.4 is 16.4 Å². The molecule has 18 heavy (non-hydrogen) atoms. The van der Waals surface area contributed by atoms with E-state index in [1.54, 1.807) is 12.1 Å². The van der Waals surface area contributed by atoms with E-state index in [4.69, 9.17) is 10.8 Å². The molecule has 6 heteroatoms. The van der Waals surface area contributed by atoms with Gasteiger partial charge in [0.1, 0.15) is 0 Å². The maximum Gasteiger partial charge on any atom is 0.337 e. The number of nitrogens with one attached hydrogen (secondary N) is 2. The molecule has 0 heterocycles. The number of nitrogens with two attached hydrogens (primary N) is 1. The fourth-order valence-corrected chi connectivity index (χ4v) is 1.50. The molecule has 98 valence electrons. The molecule has 0 atom stereocenters.